The Labute approximate surface area is 73.7 Å². The molecule has 0 amide bonds. The third-order valence-electron chi connectivity index (χ3n) is 1.80. The molecule has 0 aliphatic rings. The summed E-state index contributed by atoms with van der Waals surface area (Å²) in [5, 5.41) is 0. The molecule has 0 unspecified atom stereocenters. The Bertz CT molecular complexity index is 270. The van der Waals surface area contributed by atoms with Crippen molar-refractivity contribution in [2.75, 3.05) is 7.11 Å². The highest BCUT2D eigenvalue weighted by atomic mass is 16.5. The maximum Gasteiger partial charge on any atom is 0.0859 e. The molecule has 0 saturated heterocycles. The molecule has 0 heterocycles. The van der Waals surface area contributed by atoms with Crippen LogP contribution in [0.2, 0.25) is 0 Å². The second kappa shape index (κ2) is 3.96. The Kier molecular flexibility index (Phi) is 2.92. The van der Waals surface area contributed by atoms with Gasteiger partial charge in [-0.15, -0.1) is 0 Å². The van der Waals surface area contributed by atoms with Crippen molar-refractivity contribution in [1.29, 1.82) is 0 Å². The molecular formula is C11H14O. The summed E-state index contributed by atoms with van der Waals surface area (Å²) in [5.74, 6) is 0. The van der Waals surface area contributed by atoms with Crippen LogP contribution in [0.1, 0.15) is 18.1 Å². The maximum atomic E-state index is 4.93. The highest BCUT2D eigenvalue weighted by molar-refractivity contribution is 5.62. The zero-order valence-electron chi connectivity index (χ0n) is 7.79. The molecule has 1 heteroatoms. The van der Waals surface area contributed by atoms with Gasteiger partial charge in [-0.25, -0.2) is 0 Å². The second-order valence-electron chi connectivity index (χ2n) is 2.90. The summed E-state index contributed by atoms with van der Waals surface area (Å²) in [6, 6.07) is 8.39. The minimum Gasteiger partial charge on any atom is -0.504 e. The summed E-state index contributed by atoms with van der Waals surface area (Å²) in [6.07, 6.45) is 1.75. The number of benzene rings is 1. The van der Waals surface area contributed by atoms with Gasteiger partial charge in [0.15, 0.2) is 0 Å². The van der Waals surface area contributed by atoms with Gasteiger partial charge in [-0.05, 0) is 25.0 Å². The molecule has 1 aromatic carbocycles. The van der Waals surface area contributed by atoms with E-state index in [-0.39, 0.29) is 0 Å². The van der Waals surface area contributed by atoms with Crippen LogP contribution in [0.25, 0.3) is 5.57 Å². The average Bonchev–Trinajstić information content (AvgIpc) is 2.06. The van der Waals surface area contributed by atoms with Crippen LogP contribution >= 0.6 is 0 Å². The first-order valence-electron chi connectivity index (χ1n) is 4.00. The molecule has 1 aromatic rings. The minimum atomic E-state index is 1.15. The van der Waals surface area contributed by atoms with E-state index in [9.17, 15) is 0 Å². The molecule has 0 aromatic heterocycles. The van der Waals surface area contributed by atoms with E-state index in [1.165, 1.54) is 11.1 Å². The van der Waals surface area contributed by atoms with E-state index in [0.29, 0.717) is 0 Å². The third-order valence-corrected chi connectivity index (χ3v) is 1.80. The van der Waals surface area contributed by atoms with E-state index >= 15 is 0 Å². The molecule has 0 radical (unpaired) electrons. The number of rotatable bonds is 2. The first kappa shape index (κ1) is 8.85. The van der Waals surface area contributed by atoms with Gasteiger partial charge in [-0.2, -0.15) is 0 Å². The lowest BCUT2D eigenvalue weighted by Crippen LogP contribution is -1.80. The van der Waals surface area contributed by atoms with Crippen molar-refractivity contribution in [3.8, 4) is 0 Å². The Morgan fingerprint density at radius 3 is 2.33 bits per heavy atom. The molecule has 0 aliphatic carbocycles. The molecule has 0 saturated carbocycles. The van der Waals surface area contributed by atoms with Gasteiger partial charge in [0.25, 0.3) is 0 Å². The van der Waals surface area contributed by atoms with Crippen LogP contribution < -0.4 is 0 Å². The first-order chi connectivity index (χ1) is 5.74. The molecule has 1 nitrogen and oxygen atoms in total. The first-order valence-corrected chi connectivity index (χ1v) is 4.00. The average molecular weight is 162 g/mol. The van der Waals surface area contributed by atoms with Crippen LogP contribution in [-0.2, 0) is 4.74 Å². The van der Waals surface area contributed by atoms with Crippen molar-refractivity contribution in [1.82, 2.24) is 0 Å². The summed E-state index contributed by atoms with van der Waals surface area (Å²) in [4.78, 5) is 0. The molecule has 12 heavy (non-hydrogen) atoms. The van der Waals surface area contributed by atoms with Crippen molar-refractivity contribution >= 4 is 5.57 Å². The smallest absolute Gasteiger partial charge is 0.0859 e. The summed E-state index contributed by atoms with van der Waals surface area (Å²) >= 11 is 0. The number of hydrogen-bond donors (Lipinski definition) is 0. The van der Waals surface area contributed by atoms with Crippen molar-refractivity contribution in [2.45, 2.75) is 13.8 Å². The van der Waals surface area contributed by atoms with E-state index < -0.39 is 0 Å². The minimum absolute atomic E-state index is 1.15. The van der Waals surface area contributed by atoms with Gasteiger partial charge < -0.3 is 4.74 Å². The largest absolute Gasteiger partial charge is 0.504 e. The molecule has 0 spiro atoms. The lowest BCUT2D eigenvalue weighted by atomic mass is 10.1. The number of hydrogen-bond acceptors (Lipinski definition) is 1. The summed E-state index contributed by atoms with van der Waals surface area (Å²) < 4.78 is 4.93. The molecule has 0 aliphatic heterocycles. The Balaban J connectivity index is 2.89. The van der Waals surface area contributed by atoms with Gasteiger partial charge in [0.2, 0.25) is 0 Å². The van der Waals surface area contributed by atoms with Crippen molar-refractivity contribution in [2.24, 2.45) is 0 Å². The SMILES string of the molecule is CO/C=C(\C)c1ccc(C)cc1. The number of ether oxygens (including phenoxy) is 1. The lowest BCUT2D eigenvalue weighted by molar-refractivity contribution is 0.339. The van der Waals surface area contributed by atoms with Crippen molar-refractivity contribution in [3.63, 3.8) is 0 Å². The van der Waals surface area contributed by atoms with Gasteiger partial charge in [0, 0.05) is 0 Å². The molecule has 1 rings (SSSR count). The predicted molar refractivity (Wildman–Crippen MR) is 51.8 cm³/mol. The van der Waals surface area contributed by atoms with Crippen molar-refractivity contribution < 1.29 is 4.74 Å². The van der Waals surface area contributed by atoms with E-state index in [1.807, 2.05) is 6.92 Å². The Morgan fingerprint density at radius 1 is 1.25 bits per heavy atom. The number of aryl methyl sites for hydroxylation is 1. The fourth-order valence-corrected chi connectivity index (χ4v) is 1.06. The Morgan fingerprint density at radius 2 is 1.83 bits per heavy atom. The highest BCUT2D eigenvalue weighted by Gasteiger charge is 1.93. The van der Waals surface area contributed by atoms with Crippen LogP contribution in [0.15, 0.2) is 30.5 Å². The fraction of sp³-hybridized carbons (Fsp3) is 0.273. The highest BCUT2D eigenvalue weighted by Crippen LogP contribution is 2.13. The van der Waals surface area contributed by atoms with E-state index in [2.05, 4.69) is 31.2 Å². The lowest BCUT2D eigenvalue weighted by Gasteiger charge is -2.00. The van der Waals surface area contributed by atoms with Gasteiger partial charge >= 0.3 is 0 Å². The van der Waals surface area contributed by atoms with Gasteiger partial charge in [-0.1, -0.05) is 29.8 Å². The molecule has 0 atom stereocenters. The topological polar surface area (TPSA) is 9.23 Å². The fourth-order valence-electron chi connectivity index (χ4n) is 1.06. The predicted octanol–water partition coefficient (Wildman–Crippen LogP) is 3.00. The van der Waals surface area contributed by atoms with Crippen LogP contribution in [0.5, 0.6) is 0 Å². The molecule has 64 valence electrons. The van der Waals surface area contributed by atoms with E-state index in [1.54, 1.807) is 13.4 Å². The van der Waals surface area contributed by atoms with Gasteiger partial charge in [0.05, 0.1) is 13.4 Å². The summed E-state index contributed by atoms with van der Waals surface area (Å²) in [6.45, 7) is 4.12. The van der Waals surface area contributed by atoms with Crippen LogP contribution in [0.3, 0.4) is 0 Å². The van der Waals surface area contributed by atoms with Crippen molar-refractivity contribution in [3.05, 3.63) is 41.7 Å². The number of methoxy groups -OCH3 is 1. The second-order valence-corrected chi connectivity index (χ2v) is 2.90. The van der Waals surface area contributed by atoms with E-state index in [4.69, 9.17) is 4.74 Å². The third kappa shape index (κ3) is 2.12. The van der Waals surface area contributed by atoms with Gasteiger partial charge in [0.1, 0.15) is 0 Å². The van der Waals surface area contributed by atoms with Crippen LogP contribution in [-0.4, -0.2) is 7.11 Å². The molecule has 0 bridgehead atoms. The Hall–Kier alpha value is -1.24. The number of allylic oxidation sites excluding steroid dienone is 1. The quantitative estimate of drug-likeness (QED) is 0.607. The molecule has 0 fully saturated rings. The summed E-state index contributed by atoms with van der Waals surface area (Å²) in [5.41, 5.74) is 3.64. The molecular weight excluding hydrogens is 148 g/mol. The molecule has 0 N–H and O–H groups in total. The zero-order valence-corrected chi connectivity index (χ0v) is 7.79. The van der Waals surface area contributed by atoms with Gasteiger partial charge in [-0.3, -0.25) is 0 Å². The standard InChI is InChI=1S/C11H14O/c1-9-4-6-11(7-5-9)10(2)8-12-3/h4-8H,1-3H3/b10-8+. The van der Waals surface area contributed by atoms with E-state index in [0.717, 1.165) is 5.57 Å². The summed E-state index contributed by atoms with van der Waals surface area (Å²) in [7, 11) is 1.66. The monoisotopic (exact) mass is 162 g/mol. The maximum absolute atomic E-state index is 4.93. The zero-order chi connectivity index (χ0) is 8.97. The van der Waals surface area contributed by atoms with Crippen LogP contribution in [0, 0.1) is 6.92 Å². The normalized spacial score (nSPS) is 11.4. The van der Waals surface area contributed by atoms with Crippen LogP contribution in [0.4, 0.5) is 0 Å².